The molecule has 0 amide bonds. The van der Waals surface area contributed by atoms with Crippen LogP contribution in [0.15, 0.2) is 18.2 Å². The minimum Gasteiger partial charge on any atom is -0.495 e. The molecule has 2 rings (SSSR count). The Kier molecular flexibility index (Phi) is 4.48. The molecule has 0 aromatic heterocycles. The lowest BCUT2D eigenvalue weighted by Gasteiger charge is -2.34. The van der Waals surface area contributed by atoms with E-state index in [1.807, 2.05) is 0 Å². The molecule has 1 aliphatic rings. The Morgan fingerprint density at radius 3 is 2.63 bits per heavy atom. The summed E-state index contributed by atoms with van der Waals surface area (Å²) in [5.41, 5.74) is 6.15. The highest BCUT2D eigenvalue weighted by atomic mass is 35.5. The van der Waals surface area contributed by atoms with E-state index in [1.54, 1.807) is 25.3 Å². The highest BCUT2D eigenvalue weighted by Gasteiger charge is 2.38. The first-order chi connectivity index (χ1) is 9.13. The fourth-order valence-electron chi connectivity index (χ4n) is 2.86. The molecule has 1 aliphatic carbocycles. The number of rotatable bonds is 4. The number of halogens is 1. The molecule has 1 aromatic rings. The molecule has 0 radical (unpaired) electrons. The fourth-order valence-corrected chi connectivity index (χ4v) is 3.05. The van der Waals surface area contributed by atoms with Gasteiger partial charge in [-0.3, -0.25) is 4.79 Å². The molecule has 0 heterocycles. The van der Waals surface area contributed by atoms with E-state index in [0.29, 0.717) is 22.9 Å². The van der Waals surface area contributed by atoms with Crippen molar-refractivity contribution in [1.82, 2.24) is 0 Å². The van der Waals surface area contributed by atoms with Crippen LogP contribution in [0.2, 0.25) is 5.02 Å². The lowest BCUT2D eigenvalue weighted by molar-refractivity contribution is 0.0729. The zero-order valence-corrected chi connectivity index (χ0v) is 12.0. The van der Waals surface area contributed by atoms with E-state index < -0.39 is 5.41 Å². The summed E-state index contributed by atoms with van der Waals surface area (Å²) < 4.78 is 5.17. The Morgan fingerprint density at radius 1 is 1.37 bits per heavy atom. The predicted molar refractivity (Wildman–Crippen MR) is 76.9 cm³/mol. The molecule has 1 aromatic carbocycles. The predicted octanol–water partition coefficient (Wildman–Crippen LogP) is 3.44. The van der Waals surface area contributed by atoms with Crippen molar-refractivity contribution < 1.29 is 9.53 Å². The van der Waals surface area contributed by atoms with Gasteiger partial charge in [0, 0.05) is 17.5 Å². The molecule has 4 heteroatoms. The second-order valence-corrected chi connectivity index (χ2v) is 5.63. The van der Waals surface area contributed by atoms with Crippen LogP contribution in [-0.4, -0.2) is 19.4 Å². The molecule has 0 unspecified atom stereocenters. The number of Topliss-reactive ketones (excluding diaryl/α,β-unsaturated/α-hetero) is 1. The van der Waals surface area contributed by atoms with E-state index in [9.17, 15) is 4.79 Å². The number of hydrogen-bond donors (Lipinski definition) is 1. The van der Waals surface area contributed by atoms with Crippen molar-refractivity contribution in [3.05, 3.63) is 28.8 Å². The maximum absolute atomic E-state index is 12.8. The largest absolute Gasteiger partial charge is 0.495 e. The molecule has 1 fully saturated rings. The zero-order chi connectivity index (χ0) is 13.9. The van der Waals surface area contributed by atoms with Gasteiger partial charge >= 0.3 is 0 Å². The first-order valence-electron chi connectivity index (χ1n) is 6.71. The Bertz CT molecular complexity index is 467. The lowest BCUT2D eigenvalue weighted by atomic mass is 9.69. The maximum atomic E-state index is 12.8. The molecule has 2 N–H and O–H groups in total. The standard InChI is InChI=1S/C15H20ClNO2/c1-19-13-9-11(5-6-12(13)16)14(18)15(10-17)7-3-2-4-8-15/h5-6,9H,2-4,7-8,10,17H2,1H3. The third kappa shape index (κ3) is 2.77. The number of carbonyl (C=O) groups excluding carboxylic acids is 1. The number of nitrogens with two attached hydrogens (primary N) is 1. The summed E-state index contributed by atoms with van der Waals surface area (Å²) in [6.07, 6.45) is 5.11. The van der Waals surface area contributed by atoms with E-state index in [0.717, 1.165) is 25.7 Å². The third-order valence-corrected chi connectivity index (χ3v) is 4.41. The van der Waals surface area contributed by atoms with Crippen molar-refractivity contribution >= 4 is 17.4 Å². The summed E-state index contributed by atoms with van der Waals surface area (Å²) in [5.74, 6) is 0.667. The number of benzene rings is 1. The van der Waals surface area contributed by atoms with Gasteiger partial charge in [-0.1, -0.05) is 30.9 Å². The van der Waals surface area contributed by atoms with Crippen LogP contribution >= 0.6 is 11.6 Å². The third-order valence-electron chi connectivity index (χ3n) is 4.10. The quantitative estimate of drug-likeness (QED) is 0.860. The monoisotopic (exact) mass is 281 g/mol. The number of ether oxygens (including phenoxy) is 1. The van der Waals surface area contributed by atoms with Crippen LogP contribution in [0.5, 0.6) is 5.75 Å². The van der Waals surface area contributed by atoms with Crippen molar-refractivity contribution in [2.75, 3.05) is 13.7 Å². The van der Waals surface area contributed by atoms with Gasteiger partial charge in [-0.2, -0.15) is 0 Å². The van der Waals surface area contributed by atoms with Gasteiger partial charge in [0.1, 0.15) is 5.75 Å². The van der Waals surface area contributed by atoms with Gasteiger partial charge in [-0.15, -0.1) is 0 Å². The van der Waals surface area contributed by atoms with Crippen LogP contribution in [0.1, 0.15) is 42.5 Å². The number of ketones is 1. The molecular formula is C15H20ClNO2. The van der Waals surface area contributed by atoms with Gasteiger partial charge in [-0.25, -0.2) is 0 Å². The van der Waals surface area contributed by atoms with E-state index >= 15 is 0 Å². The second-order valence-electron chi connectivity index (χ2n) is 5.22. The van der Waals surface area contributed by atoms with E-state index in [4.69, 9.17) is 22.1 Å². The normalized spacial score (nSPS) is 18.1. The van der Waals surface area contributed by atoms with Crippen LogP contribution in [-0.2, 0) is 0 Å². The Labute approximate surface area is 119 Å². The molecule has 0 saturated heterocycles. The summed E-state index contributed by atoms with van der Waals surface area (Å²) in [7, 11) is 1.55. The van der Waals surface area contributed by atoms with Gasteiger partial charge in [-0.05, 0) is 31.0 Å². The average Bonchev–Trinajstić information content (AvgIpc) is 2.47. The summed E-state index contributed by atoms with van der Waals surface area (Å²) in [6, 6.07) is 5.19. The minimum absolute atomic E-state index is 0.129. The highest BCUT2D eigenvalue weighted by Crippen LogP contribution is 2.39. The lowest BCUT2D eigenvalue weighted by Crippen LogP contribution is -2.40. The zero-order valence-electron chi connectivity index (χ0n) is 11.2. The van der Waals surface area contributed by atoms with Crippen LogP contribution in [0.4, 0.5) is 0 Å². The van der Waals surface area contributed by atoms with Crippen LogP contribution in [0, 0.1) is 5.41 Å². The average molecular weight is 282 g/mol. The number of methoxy groups -OCH3 is 1. The molecule has 19 heavy (non-hydrogen) atoms. The molecule has 104 valence electrons. The number of hydrogen-bond acceptors (Lipinski definition) is 3. The molecule has 0 bridgehead atoms. The highest BCUT2D eigenvalue weighted by molar-refractivity contribution is 6.32. The van der Waals surface area contributed by atoms with Crippen molar-refractivity contribution in [3.8, 4) is 5.75 Å². The van der Waals surface area contributed by atoms with E-state index in [2.05, 4.69) is 0 Å². The Hall–Kier alpha value is -1.06. The molecule has 0 spiro atoms. The maximum Gasteiger partial charge on any atom is 0.170 e. The summed E-state index contributed by atoms with van der Waals surface area (Å²) in [4.78, 5) is 12.8. The fraction of sp³-hybridized carbons (Fsp3) is 0.533. The molecular weight excluding hydrogens is 262 g/mol. The van der Waals surface area contributed by atoms with Crippen LogP contribution in [0.25, 0.3) is 0 Å². The molecule has 1 saturated carbocycles. The SMILES string of the molecule is COc1cc(C(=O)C2(CN)CCCCC2)ccc1Cl. The second kappa shape index (κ2) is 5.93. The summed E-state index contributed by atoms with van der Waals surface area (Å²) >= 11 is 5.99. The van der Waals surface area contributed by atoms with Crippen molar-refractivity contribution in [2.24, 2.45) is 11.1 Å². The summed E-state index contributed by atoms with van der Waals surface area (Å²) in [6.45, 7) is 0.413. The van der Waals surface area contributed by atoms with E-state index in [-0.39, 0.29) is 5.78 Å². The Morgan fingerprint density at radius 2 is 2.05 bits per heavy atom. The van der Waals surface area contributed by atoms with Crippen molar-refractivity contribution in [2.45, 2.75) is 32.1 Å². The molecule has 0 aliphatic heterocycles. The van der Waals surface area contributed by atoms with Crippen LogP contribution < -0.4 is 10.5 Å². The van der Waals surface area contributed by atoms with Crippen molar-refractivity contribution in [3.63, 3.8) is 0 Å². The first kappa shape index (κ1) is 14.4. The van der Waals surface area contributed by atoms with Gasteiger partial charge in [0.25, 0.3) is 0 Å². The number of carbonyl (C=O) groups is 1. The van der Waals surface area contributed by atoms with Gasteiger partial charge in [0.15, 0.2) is 5.78 Å². The first-order valence-corrected chi connectivity index (χ1v) is 7.09. The van der Waals surface area contributed by atoms with Gasteiger partial charge in [0.2, 0.25) is 0 Å². The minimum atomic E-state index is -0.392. The van der Waals surface area contributed by atoms with Gasteiger partial charge in [0.05, 0.1) is 12.1 Å². The smallest absolute Gasteiger partial charge is 0.170 e. The van der Waals surface area contributed by atoms with Gasteiger partial charge < -0.3 is 10.5 Å². The molecule has 0 atom stereocenters. The topological polar surface area (TPSA) is 52.3 Å². The van der Waals surface area contributed by atoms with E-state index in [1.165, 1.54) is 6.42 Å². The van der Waals surface area contributed by atoms with Crippen LogP contribution in [0.3, 0.4) is 0 Å². The Balaban J connectivity index is 2.31. The summed E-state index contributed by atoms with van der Waals surface area (Å²) in [5, 5.41) is 0.518. The molecule has 3 nitrogen and oxygen atoms in total. The van der Waals surface area contributed by atoms with Crippen molar-refractivity contribution in [1.29, 1.82) is 0 Å².